The summed E-state index contributed by atoms with van der Waals surface area (Å²) in [5.74, 6) is -3.13. The van der Waals surface area contributed by atoms with Crippen LogP contribution in [0.4, 0.5) is 0 Å². The highest BCUT2D eigenvalue weighted by atomic mass is 16.4. The molecule has 6 heteroatoms. The van der Waals surface area contributed by atoms with Crippen LogP contribution in [0.15, 0.2) is 36.4 Å². The highest BCUT2D eigenvalue weighted by molar-refractivity contribution is 6.05. The van der Waals surface area contributed by atoms with Crippen LogP contribution in [0.5, 0.6) is 0 Å². The van der Waals surface area contributed by atoms with Crippen molar-refractivity contribution in [2.24, 2.45) is 0 Å². The maximum absolute atomic E-state index is 11.7. The van der Waals surface area contributed by atoms with Crippen LogP contribution in [-0.2, 0) is 5.41 Å². The van der Waals surface area contributed by atoms with Crippen molar-refractivity contribution in [3.8, 4) is 0 Å². The highest BCUT2D eigenvalue weighted by Gasteiger charge is 2.28. The lowest BCUT2D eigenvalue weighted by Gasteiger charge is -2.27. The van der Waals surface area contributed by atoms with Gasteiger partial charge < -0.3 is 10.2 Å². The van der Waals surface area contributed by atoms with Crippen LogP contribution < -0.4 is 0 Å². The maximum Gasteiger partial charge on any atom is 0.336 e. The standard InChI is InChI=1S/C21H20O6/c1-11(22)15-7-5-13(9-17(15)19(24)25)21(3,4)14-6-8-16(12(2)23)18(10-14)20(26)27/h5-10H,1-4H3,(H,24,25)(H,26,27). The van der Waals surface area contributed by atoms with E-state index in [2.05, 4.69) is 0 Å². The number of hydrogen-bond donors (Lipinski definition) is 2. The first-order valence-electron chi connectivity index (χ1n) is 8.24. The molecule has 0 spiro atoms. The van der Waals surface area contributed by atoms with E-state index in [0.29, 0.717) is 11.1 Å². The first-order valence-corrected chi connectivity index (χ1v) is 8.24. The monoisotopic (exact) mass is 368 g/mol. The van der Waals surface area contributed by atoms with Crippen LogP contribution in [0, 0.1) is 0 Å². The molecule has 2 aromatic rings. The van der Waals surface area contributed by atoms with Crippen LogP contribution in [0.1, 0.15) is 80.3 Å². The Labute approximate surface area is 156 Å². The number of carboxylic acid groups (broad SMARTS) is 2. The van der Waals surface area contributed by atoms with Crippen molar-refractivity contribution < 1.29 is 29.4 Å². The molecule has 0 unspecified atom stereocenters. The first-order chi connectivity index (χ1) is 12.5. The molecule has 0 radical (unpaired) electrons. The van der Waals surface area contributed by atoms with Crippen molar-refractivity contribution in [1.29, 1.82) is 0 Å². The number of carbonyl (C=O) groups is 4. The maximum atomic E-state index is 11.7. The molecular formula is C21H20O6. The summed E-state index contributed by atoms with van der Waals surface area (Å²) in [5, 5.41) is 18.8. The predicted molar refractivity (Wildman–Crippen MR) is 98.9 cm³/mol. The van der Waals surface area contributed by atoms with Crippen molar-refractivity contribution in [3.63, 3.8) is 0 Å². The Bertz CT molecular complexity index is 891. The van der Waals surface area contributed by atoms with Crippen LogP contribution in [0.3, 0.4) is 0 Å². The van der Waals surface area contributed by atoms with E-state index in [-0.39, 0.29) is 33.8 Å². The molecule has 0 fully saturated rings. The second-order valence-corrected chi connectivity index (χ2v) is 6.87. The average molecular weight is 368 g/mol. The van der Waals surface area contributed by atoms with Crippen molar-refractivity contribution in [2.75, 3.05) is 0 Å². The van der Waals surface area contributed by atoms with E-state index in [1.54, 1.807) is 12.1 Å². The van der Waals surface area contributed by atoms with Crippen molar-refractivity contribution >= 4 is 23.5 Å². The summed E-state index contributed by atoms with van der Waals surface area (Å²) in [6, 6.07) is 9.09. The minimum absolute atomic E-state index is 0.105. The fourth-order valence-corrected chi connectivity index (χ4v) is 3.00. The van der Waals surface area contributed by atoms with Gasteiger partial charge in [0.2, 0.25) is 0 Å². The second kappa shape index (κ2) is 7.15. The van der Waals surface area contributed by atoms with Gasteiger partial charge in [-0.2, -0.15) is 0 Å². The Morgan fingerprint density at radius 1 is 0.667 bits per heavy atom. The van der Waals surface area contributed by atoms with E-state index in [0.717, 1.165) is 0 Å². The highest BCUT2D eigenvalue weighted by Crippen LogP contribution is 2.34. The number of hydrogen-bond acceptors (Lipinski definition) is 4. The van der Waals surface area contributed by atoms with E-state index in [1.807, 2.05) is 13.8 Å². The van der Waals surface area contributed by atoms with Gasteiger partial charge in [0.1, 0.15) is 0 Å². The molecule has 0 heterocycles. The van der Waals surface area contributed by atoms with Gasteiger partial charge in [-0.15, -0.1) is 0 Å². The molecule has 0 aliphatic carbocycles. The lowest BCUT2D eigenvalue weighted by molar-refractivity contribution is 0.0683. The molecule has 0 saturated carbocycles. The summed E-state index contributed by atoms with van der Waals surface area (Å²) in [6.07, 6.45) is 0. The largest absolute Gasteiger partial charge is 0.478 e. The Kier molecular flexibility index (Phi) is 5.31. The summed E-state index contributed by atoms with van der Waals surface area (Å²) in [4.78, 5) is 46.4. The van der Waals surface area contributed by atoms with E-state index >= 15 is 0 Å². The quantitative estimate of drug-likeness (QED) is 0.751. The average Bonchev–Trinajstić information content (AvgIpc) is 2.60. The van der Waals surface area contributed by atoms with Gasteiger partial charge in [-0.25, -0.2) is 9.59 Å². The van der Waals surface area contributed by atoms with Crippen LogP contribution in [-0.4, -0.2) is 33.7 Å². The number of Topliss-reactive ketones (excluding diaryl/α,β-unsaturated/α-hetero) is 2. The van der Waals surface area contributed by atoms with E-state index < -0.39 is 17.4 Å². The van der Waals surface area contributed by atoms with Gasteiger partial charge in [-0.3, -0.25) is 9.59 Å². The number of aromatic carboxylic acids is 2. The summed E-state index contributed by atoms with van der Waals surface area (Å²) in [7, 11) is 0. The normalized spacial score (nSPS) is 11.1. The third kappa shape index (κ3) is 3.79. The molecule has 0 atom stereocenters. The van der Waals surface area contributed by atoms with Gasteiger partial charge in [0.15, 0.2) is 11.6 Å². The molecule has 0 aliphatic heterocycles. The lowest BCUT2D eigenvalue weighted by atomic mass is 9.76. The molecule has 0 saturated heterocycles. The molecule has 140 valence electrons. The number of ketones is 2. The Morgan fingerprint density at radius 2 is 1.00 bits per heavy atom. The fraction of sp³-hybridized carbons (Fsp3) is 0.238. The van der Waals surface area contributed by atoms with Crippen molar-refractivity contribution in [3.05, 3.63) is 69.8 Å². The number of rotatable bonds is 6. The topological polar surface area (TPSA) is 109 Å². The summed E-state index contributed by atoms with van der Waals surface area (Å²) in [5.41, 5.74) is 0.479. The molecule has 2 aromatic carbocycles. The van der Waals surface area contributed by atoms with Crippen LogP contribution >= 0.6 is 0 Å². The van der Waals surface area contributed by atoms with Crippen LogP contribution in [0.2, 0.25) is 0 Å². The van der Waals surface area contributed by atoms with Gasteiger partial charge in [0, 0.05) is 16.5 Å². The minimum Gasteiger partial charge on any atom is -0.478 e. The molecule has 2 N–H and O–H groups in total. The Hall–Kier alpha value is -3.28. The zero-order valence-electron chi connectivity index (χ0n) is 15.5. The Balaban J connectivity index is 2.65. The van der Waals surface area contributed by atoms with Crippen LogP contribution in [0.25, 0.3) is 0 Å². The van der Waals surface area contributed by atoms with Gasteiger partial charge in [0.25, 0.3) is 0 Å². The SMILES string of the molecule is CC(=O)c1ccc(C(C)(C)c2ccc(C(C)=O)c(C(=O)O)c2)cc1C(=O)O. The molecular weight excluding hydrogens is 348 g/mol. The molecule has 0 amide bonds. The second-order valence-electron chi connectivity index (χ2n) is 6.87. The molecule has 0 bridgehead atoms. The summed E-state index contributed by atoms with van der Waals surface area (Å²) < 4.78 is 0. The van der Waals surface area contributed by atoms with Crippen molar-refractivity contribution in [2.45, 2.75) is 33.1 Å². The third-order valence-corrected chi connectivity index (χ3v) is 4.70. The lowest BCUT2D eigenvalue weighted by Crippen LogP contribution is -2.22. The third-order valence-electron chi connectivity index (χ3n) is 4.70. The zero-order chi connectivity index (χ0) is 20.5. The molecule has 0 aromatic heterocycles. The van der Waals surface area contributed by atoms with E-state index in [1.165, 1.54) is 38.1 Å². The molecule has 27 heavy (non-hydrogen) atoms. The molecule has 2 rings (SSSR count). The minimum atomic E-state index is -1.21. The zero-order valence-corrected chi connectivity index (χ0v) is 15.5. The molecule has 6 nitrogen and oxygen atoms in total. The van der Waals surface area contributed by atoms with Gasteiger partial charge in [-0.1, -0.05) is 38.1 Å². The van der Waals surface area contributed by atoms with E-state index in [4.69, 9.17) is 0 Å². The molecule has 0 aliphatic rings. The van der Waals surface area contributed by atoms with Crippen molar-refractivity contribution in [1.82, 2.24) is 0 Å². The smallest absolute Gasteiger partial charge is 0.336 e. The van der Waals surface area contributed by atoms with Gasteiger partial charge in [0.05, 0.1) is 11.1 Å². The summed E-state index contributed by atoms with van der Waals surface area (Å²) in [6.45, 7) is 6.23. The fourth-order valence-electron chi connectivity index (χ4n) is 3.00. The van der Waals surface area contributed by atoms with Gasteiger partial charge >= 0.3 is 11.9 Å². The first kappa shape index (κ1) is 20.0. The van der Waals surface area contributed by atoms with Gasteiger partial charge in [-0.05, 0) is 37.1 Å². The number of carboxylic acids is 2. The predicted octanol–water partition coefficient (Wildman–Crippen LogP) is 3.81. The Morgan fingerprint density at radius 3 is 1.26 bits per heavy atom. The number of benzene rings is 2. The summed E-state index contributed by atoms with van der Waals surface area (Å²) >= 11 is 0. The van der Waals surface area contributed by atoms with E-state index in [9.17, 15) is 29.4 Å². The number of carbonyl (C=O) groups excluding carboxylic acids is 2.